The average molecular weight is 340 g/mol. The summed E-state index contributed by atoms with van der Waals surface area (Å²) in [5.74, 6) is -0.208. The van der Waals surface area contributed by atoms with E-state index in [1.165, 1.54) is 0 Å². The molecule has 1 aliphatic heterocycles. The summed E-state index contributed by atoms with van der Waals surface area (Å²) in [4.78, 5) is 23.4. The van der Waals surface area contributed by atoms with Crippen LogP contribution in [0.1, 0.15) is 25.3 Å². The van der Waals surface area contributed by atoms with E-state index in [1.54, 1.807) is 6.92 Å². The van der Waals surface area contributed by atoms with Crippen LogP contribution in [0.3, 0.4) is 0 Å². The van der Waals surface area contributed by atoms with Gasteiger partial charge in [0.05, 0.1) is 0 Å². The molecule has 1 heterocycles. The molecule has 4 N–H and O–H groups in total. The SMILES string of the molecule is CC(N)(C(=O)NC1CCC(=O)NC1)c1ccc(Br)cc1. The van der Waals surface area contributed by atoms with Gasteiger partial charge in [0, 0.05) is 23.5 Å². The molecule has 5 nitrogen and oxygen atoms in total. The van der Waals surface area contributed by atoms with E-state index in [4.69, 9.17) is 5.73 Å². The summed E-state index contributed by atoms with van der Waals surface area (Å²) in [5, 5.41) is 5.64. The van der Waals surface area contributed by atoms with Crippen molar-refractivity contribution in [2.24, 2.45) is 5.73 Å². The Morgan fingerprint density at radius 2 is 2.10 bits per heavy atom. The lowest BCUT2D eigenvalue weighted by molar-refractivity contribution is -0.128. The van der Waals surface area contributed by atoms with Crippen molar-refractivity contribution < 1.29 is 9.59 Å². The molecule has 1 aromatic rings. The predicted molar refractivity (Wildman–Crippen MR) is 79.9 cm³/mol. The van der Waals surface area contributed by atoms with Gasteiger partial charge < -0.3 is 16.4 Å². The van der Waals surface area contributed by atoms with Crippen molar-refractivity contribution in [1.29, 1.82) is 0 Å². The normalized spacial score (nSPS) is 21.8. The van der Waals surface area contributed by atoms with Gasteiger partial charge in [-0.25, -0.2) is 0 Å². The largest absolute Gasteiger partial charge is 0.354 e. The standard InChI is InChI=1S/C14H18BrN3O2/c1-14(16,9-2-4-10(15)5-3-9)13(20)18-11-6-7-12(19)17-8-11/h2-5,11H,6-8,16H2,1H3,(H,17,19)(H,18,20). The lowest BCUT2D eigenvalue weighted by Crippen LogP contribution is -2.55. The number of hydrogen-bond acceptors (Lipinski definition) is 3. The second-order valence-electron chi connectivity index (χ2n) is 5.22. The van der Waals surface area contributed by atoms with E-state index in [1.807, 2.05) is 24.3 Å². The van der Waals surface area contributed by atoms with Crippen molar-refractivity contribution >= 4 is 27.7 Å². The maximum atomic E-state index is 12.3. The molecule has 20 heavy (non-hydrogen) atoms. The van der Waals surface area contributed by atoms with Gasteiger partial charge in [-0.05, 0) is 31.0 Å². The lowest BCUT2D eigenvalue weighted by atomic mass is 9.91. The van der Waals surface area contributed by atoms with Crippen molar-refractivity contribution in [2.45, 2.75) is 31.3 Å². The van der Waals surface area contributed by atoms with E-state index >= 15 is 0 Å². The molecule has 0 spiro atoms. The molecular weight excluding hydrogens is 322 g/mol. The monoisotopic (exact) mass is 339 g/mol. The van der Waals surface area contributed by atoms with Crippen LogP contribution in [0.25, 0.3) is 0 Å². The molecule has 1 fully saturated rings. The first-order valence-corrected chi connectivity index (χ1v) is 7.31. The fourth-order valence-corrected chi connectivity index (χ4v) is 2.38. The quantitative estimate of drug-likeness (QED) is 0.768. The molecule has 1 aromatic carbocycles. The van der Waals surface area contributed by atoms with Gasteiger partial charge in [-0.2, -0.15) is 0 Å². The van der Waals surface area contributed by atoms with Crippen LogP contribution in [0.2, 0.25) is 0 Å². The Labute approximate surface area is 126 Å². The summed E-state index contributed by atoms with van der Waals surface area (Å²) < 4.78 is 0.937. The van der Waals surface area contributed by atoms with Crippen LogP contribution in [0.5, 0.6) is 0 Å². The number of nitrogens with one attached hydrogen (secondary N) is 2. The molecule has 0 bridgehead atoms. The summed E-state index contributed by atoms with van der Waals surface area (Å²) in [7, 11) is 0. The van der Waals surface area contributed by atoms with Crippen molar-refractivity contribution in [3.63, 3.8) is 0 Å². The third kappa shape index (κ3) is 3.37. The van der Waals surface area contributed by atoms with Gasteiger partial charge in [0.25, 0.3) is 0 Å². The zero-order valence-corrected chi connectivity index (χ0v) is 12.9. The number of carbonyl (C=O) groups is 2. The Hall–Kier alpha value is -1.40. The highest BCUT2D eigenvalue weighted by molar-refractivity contribution is 9.10. The molecule has 0 saturated carbocycles. The lowest BCUT2D eigenvalue weighted by Gasteiger charge is -2.29. The number of benzene rings is 1. The first-order chi connectivity index (χ1) is 9.39. The highest BCUT2D eigenvalue weighted by atomic mass is 79.9. The van der Waals surface area contributed by atoms with Crippen LogP contribution in [-0.4, -0.2) is 24.4 Å². The molecule has 1 aliphatic rings. The smallest absolute Gasteiger partial charge is 0.244 e. The first-order valence-electron chi connectivity index (χ1n) is 6.52. The van der Waals surface area contributed by atoms with Gasteiger partial charge in [-0.1, -0.05) is 28.1 Å². The number of piperidine rings is 1. The molecule has 108 valence electrons. The number of amides is 2. The topological polar surface area (TPSA) is 84.2 Å². The Morgan fingerprint density at radius 3 is 2.65 bits per heavy atom. The van der Waals surface area contributed by atoms with Crippen molar-refractivity contribution in [1.82, 2.24) is 10.6 Å². The minimum atomic E-state index is -1.10. The van der Waals surface area contributed by atoms with Gasteiger partial charge in [-0.15, -0.1) is 0 Å². The molecule has 6 heteroatoms. The summed E-state index contributed by atoms with van der Waals surface area (Å²) in [6.45, 7) is 2.15. The van der Waals surface area contributed by atoms with Crippen LogP contribution >= 0.6 is 15.9 Å². The van der Waals surface area contributed by atoms with Gasteiger partial charge in [-0.3, -0.25) is 9.59 Å². The van der Waals surface area contributed by atoms with Crippen molar-refractivity contribution in [3.8, 4) is 0 Å². The summed E-state index contributed by atoms with van der Waals surface area (Å²) in [5.41, 5.74) is 5.81. The minimum Gasteiger partial charge on any atom is -0.354 e. The Bertz CT molecular complexity index is 504. The minimum absolute atomic E-state index is 0.0268. The Morgan fingerprint density at radius 1 is 1.45 bits per heavy atom. The van der Waals surface area contributed by atoms with Gasteiger partial charge in [0.15, 0.2) is 0 Å². The summed E-state index contributed by atoms with van der Waals surface area (Å²) in [6.07, 6.45) is 1.08. The van der Waals surface area contributed by atoms with E-state index in [9.17, 15) is 9.59 Å². The molecule has 2 atom stereocenters. The third-order valence-electron chi connectivity index (χ3n) is 3.52. The summed E-state index contributed by atoms with van der Waals surface area (Å²) in [6, 6.07) is 7.31. The molecule has 2 unspecified atom stereocenters. The van der Waals surface area contributed by atoms with Crippen LogP contribution in [0.4, 0.5) is 0 Å². The number of halogens is 1. The second kappa shape index (κ2) is 5.93. The molecule has 2 amide bonds. The van der Waals surface area contributed by atoms with E-state index in [0.717, 1.165) is 10.0 Å². The highest BCUT2D eigenvalue weighted by Crippen LogP contribution is 2.21. The first kappa shape index (κ1) is 15.0. The fraction of sp³-hybridized carbons (Fsp3) is 0.429. The third-order valence-corrected chi connectivity index (χ3v) is 4.04. The predicted octanol–water partition coefficient (Wildman–Crippen LogP) is 1.02. The number of carbonyl (C=O) groups excluding carboxylic acids is 2. The van der Waals surface area contributed by atoms with Crippen LogP contribution in [-0.2, 0) is 15.1 Å². The molecule has 0 aliphatic carbocycles. The van der Waals surface area contributed by atoms with Gasteiger partial charge >= 0.3 is 0 Å². The van der Waals surface area contributed by atoms with Gasteiger partial charge in [0.2, 0.25) is 11.8 Å². The molecule has 2 rings (SSSR count). The Kier molecular flexibility index (Phi) is 4.45. The molecule has 1 saturated heterocycles. The molecular formula is C14H18BrN3O2. The second-order valence-corrected chi connectivity index (χ2v) is 6.14. The Balaban J connectivity index is 2.03. The number of hydrogen-bond donors (Lipinski definition) is 3. The van der Waals surface area contributed by atoms with E-state index in [2.05, 4.69) is 26.6 Å². The number of nitrogens with two attached hydrogens (primary N) is 1. The zero-order chi connectivity index (χ0) is 14.8. The van der Waals surface area contributed by atoms with Crippen LogP contribution in [0, 0.1) is 0 Å². The summed E-state index contributed by atoms with van der Waals surface area (Å²) >= 11 is 3.35. The zero-order valence-electron chi connectivity index (χ0n) is 11.3. The maximum Gasteiger partial charge on any atom is 0.244 e. The number of rotatable bonds is 3. The fourth-order valence-electron chi connectivity index (χ4n) is 2.12. The molecule has 0 radical (unpaired) electrons. The van der Waals surface area contributed by atoms with Crippen LogP contribution in [0.15, 0.2) is 28.7 Å². The van der Waals surface area contributed by atoms with Crippen molar-refractivity contribution in [2.75, 3.05) is 6.54 Å². The van der Waals surface area contributed by atoms with E-state index in [0.29, 0.717) is 19.4 Å². The van der Waals surface area contributed by atoms with E-state index < -0.39 is 5.54 Å². The van der Waals surface area contributed by atoms with E-state index in [-0.39, 0.29) is 17.9 Å². The average Bonchev–Trinajstić information content (AvgIpc) is 2.42. The highest BCUT2D eigenvalue weighted by Gasteiger charge is 2.32. The molecule has 0 aromatic heterocycles. The van der Waals surface area contributed by atoms with Crippen LogP contribution < -0.4 is 16.4 Å². The van der Waals surface area contributed by atoms with Crippen molar-refractivity contribution in [3.05, 3.63) is 34.3 Å². The maximum absolute atomic E-state index is 12.3. The van der Waals surface area contributed by atoms with Gasteiger partial charge in [0.1, 0.15) is 5.54 Å².